The molecule has 1 aromatic heterocycles. The largest absolute Gasteiger partial charge is 0.403 e. The lowest BCUT2D eigenvalue weighted by molar-refractivity contribution is 0.0377. The van der Waals surface area contributed by atoms with Crippen molar-refractivity contribution in [1.29, 1.82) is 5.53 Å². The molecule has 33 heavy (non-hydrogen) atoms. The van der Waals surface area contributed by atoms with Crippen LogP contribution in [-0.2, 0) is 17.6 Å². The number of ether oxygens (including phenoxy) is 1. The summed E-state index contributed by atoms with van der Waals surface area (Å²) in [5.41, 5.74) is 16.1. The van der Waals surface area contributed by atoms with E-state index in [-0.39, 0.29) is 18.6 Å². The van der Waals surface area contributed by atoms with Gasteiger partial charge in [-0.3, -0.25) is 4.79 Å². The molecule has 0 radical (unpaired) electrons. The number of aromatic nitrogens is 2. The van der Waals surface area contributed by atoms with E-state index in [0.717, 1.165) is 19.3 Å². The second-order valence-electron chi connectivity index (χ2n) is 8.88. The normalized spacial score (nSPS) is 21.0. The predicted octanol–water partition coefficient (Wildman–Crippen LogP) is 3.00. The SMILES string of the molecule is CC1CN(C(=O)c2cnc(NC3Cc4ccccc4C3)nc2)CCC1COC/C(=C/N)N=N. The Balaban J connectivity index is 1.26. The van der Waals surface area contributed by atoms with E-state index in [0.29, 0.717) is 48.7 Å². The number of benzene rings is 1. The highest BCUT2D eigenvalue weighted by Gasteiger charge is 2.30. The zero-order valence-corrected chi connectivity index (χ0v) is 18.9. The number of anilines is 1. The van der Waals surface area contributed by atoms with Crippen molar-refractivity contribution < 1.29 is 9.53 Å². The van der Waals surface area contributed by atoms with E-state index in [4.69, 9.17) is 16.0 Å². The van der Waals surface area contributed by atoms with E-state index < -0.39 is 0 Å². The highest BCUT2D eigenvalue weighted by molar-refractivity contribution is 5.93. The minimum absolute atomic E-state index is 0.0394. The van der Waals surface area contributed by atoms with E-state index >= 15 is 0 Å². The number of hydrogen-bond donors (Lipinski definition) is 3. The number of nitrogens with one attached hydrogen (secondary N) is 2. The Labute approximate surface area is 193 Å². The zero-order valence-electron chi connectivity index (χ0n) is 18.9. The average molecular weight is 450 g/mol. The van der Waals surface area contributed by atoms with Crippen molar-refractivity contribution in [1.82, 2.24) is 14.9 Å². The van der Waals surface area contributed by atoms with Gasteiger partial charge in [-0.2, -0.15) is 5.11 Å². The third-order valence-electron chi connectivity index (χ3n) is 6.57. The van der Waals surface area contributed by atoms with Gasteiger partial charge in [0.1, 0.15) is 5.70 Å². The maximum atomic E-state index is 13.0. The van der Waals surface area contributed by atoms with Crippen molar-refractivity contribution in [3.63, 3.8) is 0 Å². The molecular formula is C24H31N7O2. The molecular weight excluding hydrogens is 418 g/mol. The Morgan fingerprint density at radius 3 is 2.61 bits per heavy atom. The fourth-order valence-corrected chi connectivity index (χ4v) is 4.60. The highest BCUT2D eigenvalue weighted by atomic mass is 16.5. The van der Waals surface area contributed by atoms with Crippen molar-refractivity contribution in [3.05, 3.63) is 65.2 Å². The lowest BCUT2D eigenvalue weighted by atomic mass is 9.87. The van der Waals surface area contributed by atoms with Gasteiger partial charge in [-0.15, -0.1) is 0 Å². The molecule has 0 spiro atoms. The molecule has 1 aliphatic heterocycles. The Kier molecular flexibility index (Phi) is 7.29. The number of rotatable bonds is 8. The molecule has 2 aromatic rings. The fourth-order valence-electron chi connectivity index (χ4n) is 4.60. The lowest BCUT2D eigenvalue weighted by Gasteiger charge is -2.36. The van der Waals surface area contributed by atoms with Crippen LogP contribution in [0.25, 0.3) is 0 Å². The minimum Gasteiger partial charge on any atom is -0.403 e. The molecule has 1 aliphatic carbocycles. The summed E-state index contributed by atoms with van der Waals surface area (Å²) in [5.74, 6) is 1.16. The number of hydrogen-bond acceptors (Lipinski definition) is 8. The summed E-state index contributed by atoms with van der Waals surface area (Å²) in [6, 6.07) is 8.74. The van der Waals surface area contributed by atoms with Crippen molar-refractivity contribution in [3.8, 4) is 0 Å². The van der Waals surface area contributed by atoms with E-state index in [9.17, 15) is 4.79 Å². The van der Waals surface area contributed by atoms with Crippen LogP contribution in [0.1, 0.15) is 34.8 Å². The van der Waals surface area contributed by atoms with Crippen molar-refractivity contribution >= 4 is 11.9 Å². The third kappa shape index (κ3) is 5.54. The predicted molar refractivity (Wildman–Crippen MR) is 125 cm³/mol. The maximum absolute atomic E-state index is 13.0. The Hall–Kier alpha value is -3.33. The maximum Gasteiger partial charge on any atom is 0.257 e. The van der Waals surface area contributed by atoms with E-state index in [1.165, 1.54) is 17.3 Å². The van der Waals surface area contributed by atoms with Crippen LogP contribution >= 0.6 is 0 Å². The molecule has 1 fully saturated rings. The zero-order chi connectivity index (χ0) is 23.2. The molecule has 2 heterocycles. The van der Waals surface area contributed by atoms with Gasteiger partial charge in [0.2, 0.25) is 5.95 Å². The Bertz CT molecular complexity index is 983. The van der Waals surface area contributed by atoms with E-state index in [1.807, 2.05) is 4.90 Å². The monoisotopic (exact) mass is 449 g/mol. The van der Waals surface area contributed by atoms with E-state index in [2.05, 4.69) is 51.6 Å². The first-order valence-electron chi connectivity index (χ1n) is 11.4. The van der Waals surface area contributed by atoms with Gasteiger partial charge >= 0.3 is 0 Å². The average Bonchev–Trinajstić information content (AvgIpc) is 3.25. The van der Waals surface area contributed by atoms with Gasteiger partial charge in [0.25, 0.3) is 5.91 Å². The van der Waals surface area contributed by atoms with Crippen LogP contribution in [-0.4, -0.2) is 53.1 Å². The molecule has 9 nitrogen and oxygen atoms in total. The quantitative estimate of drug-likeness (QED) is 0.531. The number of amides is 1. The molecule has 4 N–H and O–H groups in total. The molecule has 1 amide bonds. The number of nitrogens with two attached hydrogens (primary N) is 1. The molecule has 9 heteroatoms. The number of carbonyl (C=O) groups excluding carboxylic acids is 1. The summed E-state index contributed by atoms with van der Waals surface area (Å²) in [7, 11) is 0. The number of carbonyl (C=O) groups is 1. The standard InChI is InChI=1S/C24H31N7O2/c1-16-13-31(7-6-19(16)14-33-15-22(10-25)30-26)23(32)20-11-27-24(28-12-20)29-21-8-17-4-2-3-5-18(17)9-21/h2-5,10-12,16,19,21,26H,6-9,13-15,25H2,1H3,(H,27,28,29)/b22-10-,30-26?. The molecule has 0 saturated carbocycles. The highest BCUT2D eigenvalue weighted by Crippen LogP contribution is 2.26. The Morgan fingerprint density at radius 1 is 1.30 bits per heavy atom. The van der Waals surface area contributed by atoms with Crippen molar-refractivity contribution in [2.45, 2.75) is 32.2 Å². The first-order valence-corrected chi connectivity index (χ1v) is 11.4. The van der Waals surface area contributed by atoms with Crippen LogP contribution in [0.2, 0.25) is 0 Å². The third-order valence-corrected chi connectivity index (χ3v) is 6.57. The van der Waals surface area contributed by atoms with Crippen LogP contribution in [0.4, 0.5) is 5.95 Å². The second-order valence-corrected chi connectivity index (χ2v) is 8.88. The molecule has 1 aromatic carbocycles. The molecule has 0 bridgehead atoms. The van der Waals surface area contributed by atoms with Gasteiger partial charge in [0, 0.05) is 37.7 Å². The van der Waals surface area contributed by atoms with Crippen LogP contribution in [0, 0.1) is 17.4 Å². The van der Waals surface area contributed by atoms with Crippen molar-refractivity contribution in [2.75, 3.05) is 31.6 Å². The number of fused-ring (bicyclic) bond motifs is 1. The van der Waals surface area contributed by atoms with Crippen LogP contribution < -0.4 is 11.1 Å². The van der Waals surface area contributed by atoms with Gasteiger partial charge in [-0.1, -0.05) is 31.2 Å². The number of nitrogens with zero attached hydrogens (tertiary/aromatic N) is 4. The topological polar surface area (TPSA) is 130 Å². The second kappa shape index (κ2) is 10.5. The van der Waals surface area contributed by atoms with Crippen molar-refractivity contribution in [2.24, 2.45) is 22.7 Å². The first-order chi connectivity index (χ1) is 16.1. The molecule has 174 valence electrons. The van der Waals surface area contributed by atoms with Crippen LogP contribution in [0.3, 0.4) is 0 Å². The van der Waals surface area contributed by atoms with Crippen LogP contribution in [0.15, 0.2) is 53.7 Å². The summed E-state index contributed by atoms with van der Waals surface area (Å²) in [6.07, 6.45) is 7.29. The van der Waals surface area contributed by atoms with Gasteiger partial charge in [-0.25, -0.2) is 15.5 Å². The van der Waals surface area contributed by atoms with Gasteiger partial charge in [-0.05, 0) is 42.2 Å². The summed E-state index contributed by atoms with van der Waals surface area (Å²) in [5, 5.41) is 6.70. The van der Waals surface area contributed by atoms with Gasteiger partial charge in [0.05, 0.1) is 18.8 Å². The molecule has 2 atom stereocenters. The summed E-state index contributed by atoms with van der Waals surface area (Å²) < 4.78 is 5.66. The van der Waals surface area contributed by atoms with Gasteiger partial charge < -0.3 is 20.7 Å². The smallest absolute Gasteiger partial charge is 0.257 e. The van der Waals surface area contributed by atoms with E-state index in [1.54, 1.807) is 12.4 Å². The lowest BCUT2D eigenvalue weighted by Crippen LogP contribution is -2.44. The first kappa shape index (κ1) is 22.8. The number of likely N-dealkylation sites (tertiary alicyclic amines) is 1. The molecule has 2 aliphatic rings. The Morgan fingerprint density at radius 2 is 2.00 bits per heavy atom. The fraction of sp³-hybridized carbons (Fsp3) is 0.458. The molecule has 4 rings (SSSR count). The summed E-state index contributed by atoms with van der Waals surface area (Å²) in [6.45, 7) is 4.25. The molecule has 2 unspecified atom stereocenters. The summed E-state index contributed by atoms with van der Waals surface area (Å²) >= 11 is 0. The van der Waals surface area contributed by atoms with Crippen LogP contribution in [0.5, 0.6) is 0 Å². The number of piperidine rings is 1. The summed E-state index contributed by atoms with van der Waals surface area (Å²) in [4.78, 5) is 23.6. The minimum atomic E-state index is -0.0394. The van der Waals surface area contributed by atoms with Gasteiger partial charge in [0.15, 0.2) is 0 Å². The molecule has 1 saturated heterocycles.